The van der Waals surface area contributed by atoms with Crippen LogP contribution in [0.2, 0.25) is 0 Å². The smallest absolute Gasteiger partial charge is 0.410 e. The molecule has 0 aromatic rings. The molecule has 1 atom stereocenters. The van der Waals surface area contributed by atoms with Crippen molar-refractivity contribution in [3.63, 3.8) is 0 Å². The number of carbonyl (C=O) groups is 1. The summed E-state index contributed by atoms with van der Waals surface area (Å²) < 4.78 is 5.56. The maximum absolute atomic E-state index is 12.4. The van der Waals surface area contributed by atoms with Crippen molar-refractivity contribution in [3.8, 4) is 0 Å². The Morgan fingerprint density at radius 2 is 1.86 bits per heavy atom. The maximum atomic E-state index is 12.4. The molecule has 0 aromatic carbocycles. The number of nitrogens with two attached hydrogens (primary N) is 1. The minimum atomic E-state index is -0.425. The first kappa shape index (κ1) is 17.5. The van der Waals surface area contributed by atoms with E-state index in [-0.39, 0.29) is 12.1 Å². The molecule has 0 aromatic heterocycles. The second-order valence-electron chi connectivity index (χ2n) is 7.84. The van der Waals surface area contributed by atoms with Crippen LogP contribution in [0.4, 0.5) is 4.79 Å². The largest absolute Gasteiger partial charge is 0.444 e. The molecule has 22 heavy (non-hydrogen) atoms. The van der Waals surface area contributed by atoms with Gasteiger partial charge in [0, 0.05) is 31.2 Å². The van der Waals surface area contributed by atoms with Crippen LogP contribution in [0.15, 0.2) is 0 Å². The molecular weight excluding hydrogens is 278 g/mol. The van der Waals surface area contributed by atoms with Crippen LogP contribution in [0, 0.1) is 0 Å². The summed E-state index contributed by atoms with van der Waals surface area (Å²) in [5.41, 5.74) is 5.53. The fraction of sp³-hybridized carbons (Fsp3) is 0.941. The lowest BCUT2D eigenvalue weighted by Gasteiger charge is -2.38. The summed E-state index contributed by atoms with van der Waals surface area (Å²) in [6, 6.07) is 1.20. The van der Waals surface area contributed by atoms with Crippen LogP contribution in [0.3, 0.4) is 0 Å². The van der Waals surface area contributed by atoms with Gasteiger partial charge >= 0.3 is 6.09 Å². The number of likely N-dealkylation sites (tertiary alicyclic amines) is 1. The highest BCUT2D eigenvalue weighted by Gasteiger charge is 2.31. The van der Waals surface area contributed by atoms with Crippen molar-refractivity contribution in [2.75, 3.05) is 13.1 Å². The second kappa shape index (κ2) is 7.64. The third kappa shape index (κ3) is 5.43. The molecule has 1 aliphatic heterocycles. The Balaban J connectivity index is 1.83. The number of rotatable bonds is 3. The van der Waals surface area contributed by atoms with Gasteiger partial charge in [-0.05, 0) is 65.7 Å². The molecule has 2 fully saturated rings. The summed E-state index contributed by atoms with van der Waals surface area (Å²) in [7, 11) is 0. The van der Waals surface area contributed by atoms with E-state index in [9.17, 15) is 4.79 Å². The van der Waals surface area contributed by atoms with E-state index in [4.69, 9.17) is 10.5 Å². The van der Waals surface area contributed by atoms with Gasteiger partial charge in [0.25, 0.3) is 0 Å². The number of carbonyl (C=O) groups excluding carboxylic acids is 1. The fourth-order valence-electron chi connectivity index (χ4n) is 3.40. The van der Waals surface area contributed by atoms with Crippen LogP contribution in [0.25, 0.3) is 0 Å². The van der Waals surface area contributed by atoms with Crippen LogP contribution in [-0.4, -0.2) is 47.8 Å². The van der Waals surface area contributed by atoms with Crippen LogP contribution >= 0.6 is 0 Å². The average molecular weight is 311 g/mol. The minimum absolute atomic E-state index is 0.162. The van der Waals surface area contributed by atoms with Gasteiger partial charge in [-0.25, -0.2) is 4.79 Å². The molecule has 1 amide bonds. The molecule has 0 radical (unpaired) electrons. The van der Waals surface area contributed by atoms with E-state index in [1.807, 2.05) is 25.7 Å². The monoisotopic (exact) mass is 311 g/mol. The minimum Gasteiger partial charge on any atom is -0.444 e. The Hall–Kier alpha value is -0.810. The molecule has 5 nitrogen and oxygen atoms in total. The van der Waals surface area contributed by atoms with Crippen molar-refractivity contribution in [1.82, 2.24) is 10.2 Å². The van der Waals surface area contributed by atoms with Crippen molar-refractivity contribution in [2.24, 2.45) is 5.73 Å². The van der Waals surface area contributed by atoms with Gasteiger partial charge < -0.3 is 20.7 Å². The van der Waals surface area contributed by atoms with Gasteiger partial charge in [0.2, 0.25) is 0 Å². The molecule has 1 aliphatic carbocycles. The van der Waals surface area contributed by atoms with E-state index in [2.05, 4.69) is 5.32 Å². The van der Waals surface area contributed by atoms with Gasteiger partial charge in [-0.15, -0.1) is 0 Å². The highest BCUT2D eigenvalue weighted by atomic mass is 16.6. The lowest BCUT2D eigenvalue weighted by Crippen LogP contribution is -2.51. The number of nitrogens with one attached hydrogen (secondary N) is 1. The molecule has 128 valence electrons. The molecule has 2 aliphatic rings. The van der Waals surface area contributed by atoms with E-state index in [0.29, 0.717) is 12.1 Å². The van der Waals surface area contributed by atoms with Crippen molar-refractivity contribution < 1.29 is 9.53 Å². The molecule has 3 N–H and O–H groups in total. The van der Waals surface area contributed by atoms with E-state index < -0.39 is 5.60 Å². The number of hydrogen-bond donors (Lipinski definition) is 2. The lowest BCUT2D eigenvalue weighted by atomic mass is 9.91. The Morgan fingerprint density at radius 1 is 1.18 bits per heavy atom. The van der Waals surface area contributed by atoms with E-state index in [1.54, 1.807) is 0 Å². The Morgan fingerprint density at radius 3 is 2.50 bits per heavy atom. The quantitative estimate of drug-likeness (QED) is 0.841. The highest BCUT2D eigenvalue weighted by molar-refractivity contribution is 5.68. The topological polar surface area (TPSA) is 67.6 Å². The first-order valence-electron chi connectivity index (χ1n) is 8.84. The van der Waals surface area contributed by atoms with Crippen molar-refractivity contribution in [2.45, 2.75) is 89.4 Å². The third-order valence-corrected chi connectivity index (χ3v) is 4.67. The molecule has 0 spiro atoms. The first-order chi connectivity index (χ1) is 10.3. The number of ether oxygens (including phenoxy) is 1. The van der Waals surface area contributed by atoms with Crippen LogP contribution in [-0.2, 0) is 4.74 Å². The summed E-state index contributed by atoms with van der Waals surface area (Å²) in [4.78, 5) is 14.3. The predicted molar refractivity (Wildman–Crippen MR) is 88.8 cm³/mol. The summed E-state index contributed by atoms with van der Waals surface area (Å²) in [5, 5.41) is 3.65. The summed E-state index contributed by atoms with van der Waals surface area (Å²) in [6.07, 6.45) is 7.70. The molecule has 1 saturated heterocycles. The highest BCUT2D eigenvalue weighted by Crippen LogP contribution is 2.21. The van der Waals surface area contributed by atoms with Gasteiger partial charge in [0.05, 0.1) is 0 Å². The van der Waals surface area contributed by atoms with Gasteiger partial charge in [-0.1, -0.05) is 0 Å². The normalized spacial score (nSPS) is 30.2. The Bertz CT molecular complexity index is 359. The summed E-state index contributed by atoms with van der Waals surface area (Å²) in [5.74, 6) is 0. The molecule has 1 unspecified atom stereocenters. The second-order valence-corrected chi connectivity index (χ2v) is 7.84. The molecular formula is C17H33N3O2. The zero-order chi connectivity index (χ0) is 16.2. The molecule has 5 heteroatoms. The lowest BCUT2D eigenvalue weighted by molar-refractivity contribution is 0.00951. The summed E-state index contributed by atoms with van der Waals surface area (Å²) >= 11 is 0. The first-order valence-corrected chi connectivity index (χ1v) is 8.84. The number of amides is 1. The van der Waals surface area contributed by atoms with Gasteiger partial charge in [-0.3, -0.25) is 0 Å². The van der Waals surface area contributed by atoms with Crippen molar-refractivity contribution in [3.05, 3.63) is 0 Å². The molecule has 1 saturated carbocycles. The SMILES string of the molecule is CC(C)(C)OC(=O)N1CCCCC1CNC1CCC(N)CC1. The third-order valence-electron chi connectivity index (χ3n) is 4.67. The van der Waals surface area contributed by atoms with E-state index in [1.165, 1.54) is 6.42 Å². The standard InChI is InChI=1S/C17H33N3O2/c1-17(2,3)22-16(21)20-11-5-4-6-15(20)12-19-14-9-7-13(18)8-10-14/h13-15,19H,4-12,18H2,1-3H3. The molecule has 0 bridgehead atoms. The van der Waals surface area contributed by atoms with E-state index >= 15 is 0 Å². The number of nitrogens with zero attached hydrogens (tertiary/aromatic N) is 1. The van der Waals surface area contributed by atoms with Gasteiger partial charge in [0.15, 0.2) is 0 Å². The van der Waals surface area contributed by atoms with Gasteiger partial charge in [-0.2, -0.15) is 0 Å². The van der Waals surface area contributed by atoms with Crippen LogP contribution in [0.1, 0.15) is 65.7 Å². The zero-order valence-corrected chi connectivity index (χ0v) is 14.4. The van der Waals surface area contributed by atoms with Crippen molar-refractivity contribution >= 4 is 6.09 Å². The van der Waals surface area contributed by atoms with Crippen LogP contribution in [0.5, 0.6) is 0 Å². The Labute approximate surface area is 134 Å². The average Bonchev–Trinajstić information content (AvgIpc) is 2.45. The zero-order valence-electron chi connectivity index (χ0n) is 14.4. The van der Waals surface area contributed by atoms with Crippen LogP contribution < -0.4 is 11.1 Å². The molecule has 2 rings (SSSR count). The number of hydrogen-bond acceptors (Lipinski definition) is 4. The Kier molecular flexibility index (Phi) is 6.09. The summed E-state index contributed by atoms with van der Waals surface area (Å²) in [6.45, 7) is 7.46. The number of piperidine rings is 1. The van der Waals surface area contributed by atoms with Gasteiger partial charge in [0.1, 0.15) is 5.60 Å². The van der Waals surface area contributed by atoms with Crippen molar-refractivity contribution in [1.29, 1.82) is 0 Å². The van der Waals surface area contributed by atoms with E-state index in [0.717, 1.165) is 51.6 Å². The fourth-order valence-corrected chi connectivity index (χ4v) is 3.40. The maximum Gasteiger partial charge on any atom is 0.410 e. The predicted octanol–water partition coefficient (Wildman–Crippen LogP) is 2.64. The molecule has 1 heterocycles.